The smallest absolute Gasteiger partial charge is 0.281 e. The number of hydrazone groups is 1. The number of methoxy groups -OCH3 is 1. The molecule has 4 aromatic carbocycles. The van der Waals surface area contributed by atoms with E-state index < -0.39 is 11.5 Å². The van der Waals surface area contributed by atoms with Crippen molar-refractivity contribution in [2.24, 2.45) is 5.10 Å². The molecule has 0 aliphatic rings. The third kappa shape index (κ3) is 6.12. The molecule has 4 rings (SSSR count). The van der Waals surface area contributed by atoms with Crippen LogP contribution in [0.1, 0.15) is 22.3 Å². The van der Waals surface area contributed by atoms with E-state index in [0.717, 1.165) is 9.13 Å². The van der Waals surface area contributed by atoms with Crippen LogP contribution in [0.3, 0.4) is 0 Å². The van der Waals surface area contributed by atoms with E-state index in [4.69, 9.17) is 21.1 Å². The van der Waals surface area contributed by atoms with E-state index >= 15 is 0 Å². The van der Waals surface area contributed by atoms with Crippen LogP contribution in [0.25, 0.3) is 0 Å². The predicted octanol–water partition coefficient (Wildman–Crippen LogP) is 5.92. The van der Waals surface area contributed by atoms with Gasteiger partial charge in [0.2, 0.25) is 0 Å². The van der Waals surface area contributed by atoms with Gasteiger partial charge in [-0.25, -0.2) is 5.43 Å². The number of rotatable bonds is 9. The average Bonchev–Trinajstić information content (AvgIpc) is 2.93. The van der Waals surface area contributed by atoms with Crippen LogP contribution in [0, 0.1) is 3.57 Å². The maximum Gasteiger partial charge on any atom is 0.281 e. The number of aliphatic hydroxyl groups is 1. The molecule has 0 radical (unpaired) electrons. The first-order chi connectivity index (χ1) is 17.9. The van der Waals surface area contributed by atoms with E-state index in [1.807, 2.05) is 42.5 Å². The number of benzene rings is 4. The number of halogens is 2. The second-order valence-electron chi connectivity index (χ2n) is 8.06. The van der Waals surface area contributed by atoms with E-state index in [-0.39, 0.29) is 6.61 Å². The van der Waals surface area contributed by atoms with Crippen LogP contribution in [0.2, 0.25) is 5.02 Å². The van der Waals surface area contributed by atoms with Crippen LogP contribution in [0.15, 0.2) is 102 Å². The lowest BCUT2D eigenvalue weighted by Gasteiger charge is -2.27. The van der Waals surface area contributed by atoms with Crippen LogP contribution in [0.5, 0.6) is 11.5 Å². The summed E-state index contributed by atoms with van der Waals surface area (Å²) in [5.41, 5.74) is 2.98. The van der Waals surface area contributed by atoms with Crippen LogP contribution >= 0.6 is 34.2 Å². The van der Waals surface area contributed by atoms with E-state index in [0.29, 0.717) is 33.2 Å². The third-order valence-electron chi connectivity index (χ3n) is 5.67. The van der Waals surface area contributed by atoms with Crippen LogP contribution in [-0.4, -0.2) is 24.3 Å². The summed E-state index contributed by atoms with van der Waals surface area (Å²) in [6.07, 6.45) is 1.48. The lowest BCUT2D eigenvalue weighted by molar-refractivity contribution is -0.136. The van der Waals surface area contributed by atoms with Gasteiger partial charge in [0.05, 0.1) is 16.9 Å². The molecular formula is C29H24ClIN2O4. The zero-order chi connectivity index (χ0) is 26.3. The summed E-state index contributed by atoms with van der Waals surface area (Å²) in [6, 6.07) is 28.6. The van der Waals surface area contributed by atoms with E-state index in [1.165, 1.54) is 6.21 Å². The quantitative estimate of drug-likeness (QED) is 0.137. The maximum absolute atomic E-state index is 13.2. The van der Waals surface area contributed by atoms with Gasteiger partial charge in [0, 0.05) is 10.6 Å². The first-order valence-electron chi connectivity index (χ1n) is 11.3. The van der Waals surface area contributed by atoms with Gasteiger partial charge in [-0.3, -0.25) is 4.79 Å². The molecule has 0 aliphatic carbocycles. The highest BCUT2D eigenvalue weighted by Gasteiger charge is 2.39. The molecule has 0 aliphatic heterocycles. The van der Waals surface area contributed by atoms with Crippen molar-refractivity contribution >= 4 is 46.3 Å². The first-order valence-corrected chi connectivity index (χ1v) is 12.8. The van der Waals surface area contributed by atoms with Crippen molar-refractivity contribution in [1.29, 1.82) is 0 Å². The fourth-order valence-electron chi connectivity index (χ4n) is 3.75. The van der Waals surface area contributed by atoms with Crippen molar-refractivity contribution in [2.75, 3.05) is 7.11 Å². The van der Waals surface area contributed by atoms with Crippen molar-refractivity contribution in [3.63, 3.8) is 0 Å². The summed E-state index contributed by atoms with van der Waals surface area (Å²) < 4.78 is 12.3. The Hall–Kier alpha value is -3.40. The Morgan fingerprint density at radius 2 is 1.59 bits per heavy atom. The Labute approximate surface area is 234 Å². The number of nitrogens with one attached hydrogen (secondary N) is 1. The summed E-state index contributed by atoms with van der Waals surface area (Å²) in [5, 5.41) is 16.3. The minimum Gasteiger partial charge on any atom is -0.493 e. The molecule has 0 heterocycles. The normalized spacial score (nSPS) is 11.4. The lowest BCUT2D eigenvalue weighted by atomic mass is 9.85. The molecule has 37 heavy (non-hydrogen) atoms. The molecule has 0 bridgehead atoms. The molecule has 8 heteroatoms. The molecule has 0 saturated heterocycles. The molecule has 0 saturated carbocycles. The van der Waals surface area contributed by atoms with Crippen LogP contribution < -0.4 is 14.9 Å². The van der Waals surface area contributed by atoms with Gasteiger partial charge < -0.3 is 14.6 Å². The zero-order valence-corrected chi connectivity index (χ0v) is 22.8. The van der Waals surface area contributed by atoms with E-state index in [1.54, 1.807) is 61.7 Å². The molecule has 6 nitrogen and oxygen atoms in total. The molecule has 0 atom stereocenters. The van der Waals surface area contributed by atoms with Gasteiger partial charge in [0.1, 0.15) is 6.61 Å². The summed E-state index contributed by atoms with van der Waals surface area (Å²) in [4.78, 5) is 13.2. The summed E-state index contributed by atoms with van der Waals surface area (Å²) in [6.45, 7) is 0.285. The Morgan fingerprint density at radius 1 is 1.00 bits per heavy atom. The Balaban J connectivity index is 1.53. The second-order valence-corrected chi connectivity index (χ2v) is 9.63. The highest BCUT2D eigenvalue weighted by molar-refractivity contribution is 14.1. The highest BCUT2D eigenvalue weighted by atomic mass is 127. The summed E-state index contributed by atoms with van der Waals surface area (Å²) in [5.74, 6) is 0.408. The molecule has 0 spiro atoms. The van der Waals surface area contributed by atoms with Gasteiger partial charge in [0.25, 0.3) is 5.91 Å². The van der Waals surface area contributed by atoms with Crippen molar-refractivity contribution < 1.29 is 19.4 Å². The Morgan fingerprint density at radius 3 is 2.19 bits per heavy atom. The minimum absolute atomic E-state index is 0.285. The molecule has 1 amide bonds. The fraction of sp³-hybridized carbons (Fsp3) is 0.103. The average molecular weight is 627 g/mol. The number of carbonyl (C=O) groups is 1. The maximum atomic E-state index is 13.2. The van der Waals surface area contributed by atoms with Crippen LogP contribution in [0.4, 0.5) is 0 Å². The number of hydrogen-bond acceptors (Lipinski definition) is 5. The topological polar surface area (TPSA) is 80.2 Å². The van der Waals surface area contributed by atoms with Gasteiger partial charge >= 0.3 is 0 Å². The van der Waals surface area contributed by atoms with Gasteiger partial charge in [-0.05, 0) is 57.5 Å². The number of amides is 1. The number of nitrogens with zero attached hydrogens (tertiary/aromatic N) is 1. The number of carbonyl (C=O) groups excluding carboxylic acids is 1. The van der Waals surface area contributed by atoms with Gasteiger partial charge in [0.15, 0.2) is 17.1 Å². The molecule has 4 aromatic rings. The molecule has 188 valence electrons. The second kappa shape index (κ2) is 12.2. The highest BCUT2D eigenvalue weighted by Crippen LogP contribution is 2.35. The predicted molar refractivity (Wildman–Crippen MR) is 153 cm³/mol. The standard InChI is InChI=1S/C29H24ClIN2O4/c1-36-26-17-20(16-25(31)27(26)37-19-21-10-8-9-15-24(21)30)18-32-33-28(34)29(35,22-11-4-2-5-12-22)23-13-6-3-7-14-23/h2-18,35H,19H2,1H3,(H,33,34)/b32-18+. The van der Waals surface area contributed by atoms with Crippen LogP contribution in [-0.2, 0) is 17.0 Å². The Bertz CT molecular complexity index is 1360. The van der Waals surface area contributed by atoms with Crippen molar-refractivity contribution in [3.8, 4) is 11.5 Å². The third-order valence-corrected chi connectivity index (χ3v) is 6.84. The zero-order valence-electron chi connectivity index (χ0n) is 19.9. The van der Waals surface area contributed by atoms with Crippen molar-refractivity contribution in [1.82, 2.24) is 5.43 Å². The molecule has 0 unspecified atom stereocenters. The summed E-state index contributed by atoms with van der Waals surface area (Å²) in [7, 11) is 1.55. The molecule has 2 N–H and O–H groups in total. The summed E-state index contributed by atoms with van der Waals surface area (Å²) >= 11 is 8.39. The monoisotopic (exact) mass is 626 g/mol. The lowest BCUT2D eigenvalue weighted by Crippen LogP contribution is -2.43. The number of ether oxygens (including phenoxy) is 2. The van der Waals surface area contributed by atoms with Crippen molar-refractivity contribution in [3.05, 3.63) is 128 Å². The van der Waals surface area contributed by atoms with Gasteiger partial charge in [-0.15, -0.1) is 0 Å². The van der Waals surface area contributed by atoms with E-state index in [2.05, 4.69) is 33.1 Å². The largest absolute Gasteiger partial charge is 0.493 e. The molecule has 0 aromatic heterocycles. The Kier molecular flexibility index (Phi) is 8.81. The first kappa shape index (κ1) is 26.7. The van der Waals surface area contributed by atoms with E-state index in [9.17, 15) is 9.90 Å². The van der Waals surface area contributed by atoms with Gasteiger partial charge in [-0.2, -0.15) is 5.10 Å². The fourth-order valence-corrected chi connectivity index (χ4v) is 4.73. The van der Waals surface area contributed by atoms with Gasteiger partial charge in [-0.1, -0.05) is 90.5 Å². The minimum atomic E-state index is -1.91. The molecular weight excluding hydrogens is 603 g/mol. The molecule has 0 fully saturated rings. The SMILES string of the molecule is COc1cc(/C=N/NC(=O)C(O)(c2ccccc2)c2ccccc2)cc(I)c1OCc1ccccc1Cl. The van der Waals surface area contributed by atoms with Crippen molar-refractivity contribution in [2.45, 2.75) is 12.2 Å². The number of hydrogen-bond donors (Lipinski definition) is 2.